The Bertz CT molecular complexity index is 84.7. The fourth-order valence-corrected chi connectivity index (χ4v) is 1.97. The molecule has 0 unspecified atom stereocenters. The molecule has 0 aromatic rings. The molecule has 0 saturated heterocycles. The Kier molecular flexibility index (Phi) is 3.20. The van der Waals surface area contributed by atoms with E-state index in [4.69, 9.17) is 5.11 Å². The van der Waals surface area contributed by atoms with Crippen LogP contribution in [0.3, 0.4) is 0 Å². The van der Waals surface area contributed by atoms with E-state index in [-0.39, 0.29) is 0 Å². The smallest absolute Gasteiger partial charge is 0.0433 e. The molecule has 0 spiro atoms. The molecule has 1 fully saturated rings. The largest absolute Gasteiger partial charge is 0.396 e. The standard InChI is InChI=1S/C9H18O/c1-8(6-7-10)9-4-2-3-5-9/h8-10H,2-7H2,1H3/t8-/m1/s1. The highest BCUT2D eigenvalue weighted by Gasteiger charge is 2.20. The minimum Gasteiger partial charge on any atom is -0.396 e. The minimum atomic E-state index is 0.373. The van der Waals surface area contributed by atoms with Crippen LogP contribution >= 0.6 is 0 Å². The zero-order valence-electron chi connectivity index (χ0n) is 6.84. The Morgan fingerprint density at radius 2 is 2.00 bits per heavy atom. The second-order valence-corrected chi connectivity index (χ2v) is 3.53. The van der Waals surface area contributed by atoms with Gasteiger partial charge in [-0.05, 0) is 18.3 Å². The van der Waals surface area contributed by atoms with Crippen LogP contribution in [0.25, 0.3) is 0 Å². The first-order valence-electron chi connectivity index (χ1n) is 4.45. The summed E-state index contributed by atoms with van der Waals surface area (Å²) in [5.41, 5.74) is 0. The van der Waals surface area contributed by atoms with E-state index in [1.807, 2.05) is 0 Å². The lowest BCUT2D eigenvalue weighted by Gasteiger charge is -2.16. The van der Waals surface area contributed by atoms with Gasteiger partial charge in [0.1, 0.15) is 0 Å². The average Bonchev–Trinajstić information content (AvgIpc) is 2.38. The number of aliphatic hydroxyl groups is 1. The molecule has 0 aromatic heterocycles. The Labute approximate surface area is 63.4 Å². The molecule has 1 N–H and O–H groups in total. The van der Waals surface area contributed by atoms with Gasteiger partial charge in [-0.1, -0.05) is 32.6 Å². The molecule has 60 valence electrons. The highest BCUT2D eigenvalue weighted by atomic mass is 16.3. The second-order valence-electron chi connectivity index (χ2n) is 3.53. The van der Waals surface area contributed by atoms with Crippen LogP contribution in [0.1, 0.15) is 39.0 Å². The van der Waals surface area contributed by atoms with Crippen molar-refractivity contribution in [2.24, 2.45) is 11.8 Å². The molecular formula is C9H18O. The minimum absolute atomic E-state index is 0.373. The molecule has 1 aliphatic rings. The third kappa shape index (κ3) is 1.98. The Morgan fingerprint density at radius 3 is 2.50 bits per heavy atom. The van der Waals surface area contributed by atoms with Gasteiger partial charge in [-0.15, -0.1) is 0 Å². The third-order valence-electron chi connectivity index (χ3n) is 2.79. The van der Waals surface area contributed by atoms with Crippen molar-refractivity contribution >= 4 is 0 Å². The van der Waals surface area contributed by atoms with Crippen LogP contribution in [0.5, 0.6) is 0 Å². The van der Waals surface area contributed by atoms with Crippen molar-refractivity contribution < 1.29 is 5.11 Å². The van der Waals surface area contributed by atoms with Gasteiger partial charge >= 0.3 is 0 Å². The quantitative estimate of drug-likeness (QED) is 0.640. The third-order valence-corrected chi connectivity index (χ3v) is 2.79. The lowest BCUT2D eigenvalue weighted by Crippen LogP contribution is -2.08. The molecule has 1 saturated carbocycles. The fourth-order valence-electron chi connectivity index (χ4n) is 1.97. The molecule has 0 radical (unpaired) electrons. The van der Waals surface area contributed by atoms with Crippen molar-refractivity contribution in [1.82, 2.24) is 0 Å². The van der Waals surface area contributed by atoms with Crippen molar-refractivity contribution in [2.45, 2.75) is 39.0 Å². The van der Waals surface area contributed by atoms with Gasteiger partial charge in [0.2, 0.25) is 0 Å². The van der Waals surface area contributed by atoms with Gasteiger partial charge in [-0.3, -0.25) is 0 Å². The zero-order chi connectivity index (χ0) is 7.40. The number of hydrogen-bond acceptors (Lipinski definition) is 1. The van der Waals surface area contributed by atoms with Crippen molar-refractivity contribution in [1.29, 1.82) is 0 Å². The topological polar surface area (TPSA) is 20.2 Å². The molecule has 1 rings (SSSR count). The van der Waals surface area contributed by atoms with Crippen LogP contribution in [0.15, 0.2) is 0 Å². The summed E-state index contributed by atoms with van der Waals surface area (Å²) in [6.45, 7) is 2.64. The van der Waals surface area contributed by atoms with E-state index in [0.29, 0.717) is 6.61 Å². The van der Waals surface area contributed by atoms with Gasteiger partial charge in [0, 0.05) is 6.61 Å². The predicted molar refractivity (Wildman–Crippen MR) is 42.8 cm³/mol. The molecule has 1 heteroatoms. The highest BCUT2D eigenvalue weighted by Crippen LogP contribution is 2.32. The van der Waals surface area contributed by atoms with E-state index < -0.39 is 0 Å². The van der Waals surface area contributed by atoms with Crippen LogP contribution < -0.4 is 0 Å². The molecule has 10 heavy (non-hydrogen) atoms. The summed E-state index contributed by atoms with van der Waals surface area (Å²) in [6.07, 6.45) is 6.65. The predicted octanol–water partition coefficient (Wildman–Crippen LogP) is 2.20. The van der Waals surface area contributed by atoms with Crippen molar-refractivity contribution in [3.8, 4) is 0 Å². The zero-order valence-corrected chi connectivity index (χ0v) is 6.84. The number of aliphatic hydroxyl groups excluding tert-OH is 1. The summed E-state index contributed by atoms with van der Waals surface area (Å²) in [5.74, 6) is 1.68. The van der Waals surface area contributed by atoms with Crippen LogP contribution in [0.4, 0.5) is 0 Å². The monoisotopic (exact) mass is 142 g/mol. The van der Waals surface area contributed by atoms with E-state index in [9.17, 15) is 0 Å². The Hall–Kier alpha value is -0.0400. The lowest BCUT2D eigenvalue weighted by molar-refractivity contribution is 0.230. The van der Waals surface area contributed by atoms with Crippen molar-refractivity contribution in [3.05, 3.63) is 0 Å². The maximum absolute atomic E-state index is 8.70. The molecule has 0 bridgehead atoms. The van der Waals surface area contributed by atoms with Gasteiger partial charge in [0.25, 0.3) is 0 Å². The normalized spacial score (nSPS) is 23.4. The van der Waals surface area contributed by atoms with E-state index in [1.54, 1.807) is 0 Å². The fraction of sp³-hybridized carbons (Fsp3) is 1.00. The summed E-state index contributed by atoms with van der Waals surface area (Å²) in [4.78, 5) is 0. The van der Waals surface area contributed by atoms with Crippen LogP contribution in [0.2, 0.25) is 0 Å². The SMILES string of the molecule is C[C@H](CCO)C1CCCC1. The van der Waals surface area contributed by atoms with Crippen molar-refractivity contribution in [2.75, 3.05) is 6.61 Å². The van der Waals surface area contributed by atoms with Crippen molar-refractivity contribution in [3.63, 3.8) is 0 Å². The van der Waals surface area contributed by atoms with Crippen LogP contribution in [-0.2, 0) is 0 Å². The maximum Gasteiger partial charge on any atom is 0.0433 e. The molecule has 1 aliphatic carbocycles. The first-order chi connectivity index (χ1) is 4.84. The summed E-state index contributed by atoms with van der Waals surface area (Å²) in [6, 6.07) is 0. The molecule has 0 aromatic carbocycles. The molecule has 0 aliphatic heterocycles. The highest BCUT2D eigenvalue weighted by molar-refractivity contribution is 4.72. The summed E-state index contributed by atoms with van der Waals surface area (Å²) < 4.78 is 0. The summed E-state index contributed by atoms with van der Waals surface area (Å²) in [5, 5.41) is 8.70. The van der Waals surface area contributed by atoms with Gasteiger partial charge in [0.15, 0.2) is 0 Å². The molecule has 0 amide bonds. The first-order valence-corrected chi connectivity index (χ1v) is 4.45. The van der Waals surface area contributed by atoms with E-state index in [0.717, 1.165) is 18.3 Å². The van der Waals surface area contributed by atoms with Crippen LogP contribution in [0, 0.1) is 11.8 Å². The summed E-state index contributed by atoms with van der Waals surface area (Å²) in [7, 11) is 0. The number of rotatable bonds is 3. The molecule has 0 heterocycles. The van der Waals surface area contributed by atoms with Gasteiger partial charge in [-0.25, -0.2) is 0 Å². The van der Waals surface area contributed by atoms with E-state index >= 15 is 0 Å². The second kappa shape index (κ2) is 3.97. The molecule has 1 nitrogen and oxygen atoms in total. The molecular weight excluding hydrogens is 124 g/mol. The van der Waals surface area contributed by atoms with Crippen LogP contribution in [-0.4, -0.2) is 11.7 Å². The van der Waals surface area contributed by atoms with Gasteiger partial charge in [-0.2, -0.15) is 0 Å². The van der Waals surface area contributed by atoms with Gasteiger partial charge < -0.3 is 5.11 Å². The Balaban J connectivity index is 2.18. The summed E-state index contributed by atoms with van der Waals surface area (Å²) >= 11 is 0. The van der Waals surface area contributed by atoms with E-state index in [2.05, 4.69) is 6.92 Å². The molecule has 1 atom stereocenters. The Morgan fingerprint density at radius 1 is 1.40 bits per heavy atom. The lowest BCUT2D eigenvalue weighted by atomic mass is 9.90. The average molecular weight is 142 g/mol. The van der Waals surface area contributed by atoms with Gasteiger partial charge in [0.05, 0.1) is 0 Å². The maximum atomic E-state index is 8.70. The van der Waals surface area contributed by atoms with E-state index in [1.165, 1.54) is 25.7 Å². The number of hydrogen-bond donors (Lipinski definition) is 1. The first kappa shape index (κ1) is 8.06.